The van der Waals surface area contributed by atoms with Crippen LogP contribution in [-0.2, 0) is 91.1 Å². The van der Waals surface area contributed by atoms with E-state index < -0.39 is 269 Å². The molecule has 8 N–H and O–H groups in total. The van der Waals surface area contributed by atoms with Gasteiger partial charge < -0.3 is 151 Å². The first-order valence-corrected chi connectivity index (χ1v) is 41.9. The van der Waals surface area contributed by atoms with Crippen molar-refractivity contribution in [3.05, 3.63) is 0 Å². The molecule has 0 aromatic carbocycles. The Labute approximate surface area is 897 Å². The minimum Gasteiger partial charge on any atom is -0.549 e. The quantitative estimate of drug-likeness (QED) is 0.0281. The first-order chi connectivity index (χ1) is 61.1. The molecule has 0 spiro atoms. The minimum atomic E-state index is -1.87. The molecule has 54 nitrogen and oxygen atoms in total. The largest absolute Gasteiger partial charge is 3.00 e. The van der Waals surface area contributed by atoms with Crippen LogP contribution in [0.3, 0.4) is 0 Å². The van der Waals surface area contributed by atoms with Crippen LogP contribution in [0.1, 0.15) is 0 Å². The summed E-state index contributed by atoms with van der Waals surface area (Å²) >= 11 is 0. The van der Waals surface area contributed by atoms with Gasteiger partial charge in [0.1, 0.15) is 0 Å². The molecule has 0 saturated carbocycles. The maximum atomic E-state index is 14.2. The normalized spacial score (nSPS) is 18.0. The second kappa shape index (κ2) is 71.9. The predicted molar refractivity (Wildman–Crippen MR) is 420 cm³/mol. The number of rotatable bonds is 46. The SMILES string of the molecule is O=C([O-])CN1CC[N]CCN(CC(=O)[O-])CCN(CC(=O)NCC(=O)NCC(CNC(=O)CNC(=O)CN2CCN(CC(=O)[O-])CCN(CC(=O)[O-])CCN(CC(=O)[O-])CC2)(CNC(=O)CNC(=O)CN2CCN(CC(=O)[O-])CCN(CC(=O)[O-])CCN(CC(=O)[O-])CC2)CNC(=O)CNC(=O)CN2CCN(CC(=O)[O-])CCN(CC(=O)[O-])CCN(CC(=O)[O-])CC2)CC1.[Gd+3].[Gd+3].[Gd+3].[Gd+3]. The van der Waals surface area contributed by atoms with Gasteiger partial charge in [-0.05, 0) is 0 Å². The van der Waals surface area contributed by atoms with Crippen molar-refractivity contribution < 1.29 is 307 Å². The van der Waals surface area contributed by atoms with Crippen molar-refractivity contribution in [3.8, 4) is 0 Å². The van der Waals surface area contributed by atoms with Gasteiger partial charge in [0.05, 0.1) is 118 Å². The average Bonchev–Trinajstić information content (AvgIpc) is 0.846. The van der Waals surface area contributed by atoms with Crippen molar-refractivity contribution in [2.75, 3.05) is 360 Å². The van der Waals surface area contributed by atoms with Gasteiger partial charge in [0.15, 0.2) is 0 Å². The van der Waals surface area contributed by atoms with Crippen LogP contribution in [0.4, 0.5) is 0 Å². The molecule has 8 amide bonds. The van der Waals surface area contributed by atoms with E-state index in [-0.39, 0.29) is 369 Å². The number of carboxylic acid groups (broad SMARTS) is 11. The van der Waals surface area contributed by atoms with Crippen molar-refractivity contribution in [2.24, 2.45) is 5.41 Å². The van der Waals surface area contributed by atoms with Gasteiger partial charge in [-0.25, -0.2) is 5.32 Å². The summed E-state index contributed by atoms with van der Waals surface area (Å²) in [5.41, 5.74) is -1.87. The third-order valence-corrected chi connectivity index (χ3v) is 21.2. The van der Waals surface area contributed by atoms with Crippen molar-refractivity contribution >= 4 is 113 Å². The van der Waals surface area contributed by atoms with Crippen LogP contribution in [0.25, 0.3) is 0 Å². The number of aliphatic carboxylic acids is 11. The number of carbonyl (C=O) groups excluding carboxylic acids is 19. The maximum absolute atomic E-state index is 14.2. The van der Waals surface area contributed by atoms with Gasteiger partial charge in [-0.15, -0.1) is 0 Å². The Balaban J connectivity index is 0.0000436. The van der Waals surface area contributed by atoms with E-state index in [9.17, 15) is 147 Å². The molecule has 0 aromatic rings. The molecule has 0 bridgehead atoms. The molecular formula is C75H118Gd4N24O30+. The van der Waals surface area contributed by atoms with Crippen molar-refractivity contribution in [1.82, 2.24) is 121 Å². The molecule has 4 aliphatic heterocycles. The van der Waals surface area contributed by atoms with Gasteiger partial charge in [-0.2, -0.15) is 0 Å². The molecule has 58 heteroatoms. The third kappa shape index (κ3) is 63.0. The number of hydrogen-bond donors (Lipinski definition) is 8. The predicted octanol–water partition coefficient (Wildman–Crippen LogP) is -29.7. The summed E-state index contributed by atoms with van der Waals surface area (Å²) in [6, 6.07) is 0. The molecular weight excluding hydrogens is 2350 g/mol. The van der Waals surface area contributed by atoms with E-state index in [1.165, 1.54) is 68.6 Å². The molecule has 0 unspecified atom stereocenters. The monoisotopic (exact) mass is 2470 g/mol. The van der Waals surface area contributed by atoms with E-state index >= 15 is 0 Å². The van der Waals surface area contributed by atoms with Crippen LogP contribution in [0.15, 0.2) is 0 Å². The number of carbonyl (C=O) groups is 19. The third-order valence-electron chi connectivity index (χ3n) is 21.2. The fraction of sp³-hybridized carbons (Fsp3) is 0.747. The summed E-state index contributed by atoms with van der Waals surface area (Å²) in [6.45, 7) is -14.4. The smallest absolute Gasteiger partial charge is 0.549 e. The molecule has 4 saturated heterocycles. The Bertz CT molecular complexity index is 3300. The molecule has 5 radical (unpaired) electrons. The second-order valence-corrected chi connectivity index (χ2v) is 31.6. The van der Waals surface area contributed by atoms with E-state index in [0.29, 0.717) is 0 Å². The Hall–Kier alpha value is -5.41. The number of nitrogens with zero attached hydrogens (tertiary/aromatic N) is 16. The van der Waals surface area contributed by atoms with E-state index in [0.717, 1.165) is 0 Å². The molecule has 4 aliphatic rings. The summed E-state index contributed by atoms with van der Waals surface area (Å²) in [7, 11) is 0. The number of hydrogen-bond acceptors (Lipinski definition) is 45. The zero-order valence-electron chi connectivity index (χ0n) is 73.7. The first kappa shape index (κ1) is 128. The minimum absolute atomic E-state index is 0. The van der Waals surface area contributed by atoms with Crippen LogP contribution < -0.4 is 104 Å². The number of carboxylic acids is 11. The number of nitrogens with one attached hydrogen (secondary N) is 8. The molecule has 0 atom stereocenters. The molecule has 4 heterocycles. The molecule has 0 aromatic heterocycles. The van der Waals surface area contributed by atoms with E-state index in [2.05, 4.69) is 47.9 Å². The Kier molecular flexibility index (Phi) is 69.0. The Morgan fingerprint density at radius 2 is 0.286 bits per heavy atom. The Morgan fingerprint density at radius 1 is 0.173 bits per heavy atom. The van der Waals surface area contributed by atoms with Crippen molar-refractivity contribution in [3.63, 3.8) is 0 Å². The van der Waals surface area contributed by atoms with Gasteiger partial charge in [0, 0.05) is 313 Å². The fourth-order valence-electron chi connectivity index (χ4n) is 14.1. The van der Waals surface area contributed by atoms with E-state index in [1.807, 2.05) is 0 Å². The zero-order valence-corrected chi connectivity index (χ0v) is 82.8. The molecule has 0 aliphatic carbocycles. The molecule has 749 valence electrons. The van der Waals surface area contributed by atoms with Gasteiger partial charge in [-0.1, -0.05) is 0 Å². The first-order valence-electron chi connectivity index (χ1n) is 41.9. The fourth-order valence-corrected chi connectivity index (χ4v) is 14.1. The maximum Gasteiger partial charge on any atom is 3.00 e. The summed E-state index contributed by atoms with van der Waals surface area (Å²) in [5.74, 6) is -23.2. The number of amides is 8. The van der Waals surface area contributed by atoms with Gasteiger partial charge >= 0.3 is 160 Å². The van der Waals surface area contributed by atoms with Crippen LogP contribution in [0.2, 0.25) is 0 Å². The van der Waals surface area contributed by atoms with Gasteiger partial charge in [0.25, 0.3) is 0 Å². The van der Waals surface area contributed by atoms with Crippen LogP contribution in [0.5, 0.6) is 0 Å². The van der Waals surface area contributed by atoms with Crippen LogP contribution in [0, 0.1) is 165 Å². The average molecular weight is 2460 g/mol. The van der Waals surface area contributed by atoms with Crippen LogP contribution >= 0.6 is 0 Å². The van der Waals surface area contributed by atoms with Crippen LogP contribution in [-0.4, -0.2) is 546 Å². The van der Waals surface area contributed by atoms with Gasteiger partial charge in [-0.3, -0.25) is 112 Å². The topological polar surface area (TPSA) is 737 Å². The zero-order chi connectivity index (χ0) is 95.4. The summed E-state index contributed by atoms with van der Waals surface area (Å²) in [4.78, 5) is 264. The van der Waals surface area contributed by atoms with Gasteiger partial charge in [0.2, 0.25) is 47.3 Å². The molecule has 4 rings (SSSR count). The molecule has 4 fully saturated rings. The van der Waals surface area contributed by atoms with E-state index in [4.69, 9.17) is 0 Å². The standard InChI is InChI=1S/C75H129N24O30.4Gd/c100-56(33-77-60(104)37-87-7-5-85(41-64(108)109)3-1-76-2-4-86(6-8-87)42-65(110)111)81-52-75(53-82-57(101)34-78-61(105)38-88-9-15-91(43-66(112)113)21-27-97(49-72(124)125)28-22-92(16-10-88)44-67(114)115,54-83-58(102)35-79-62(106)39-89-11-17-93(45-68(116)117)23-29-98(50-73(126)127)30-24-94(18-12-89)46-69(118)119)55-84-59(103)36-80-63(107)40-90-13-19-95(47-70(120)121)25-31-99(51-74(128)129)32-26-96(20-14-90)48-71(122)123;;;;/h1-55H2,(H,77,104)(H,78,105)(H,79,106)(H,80,107)(H,81,100)(H,82,101)(H,83,102)(H,84,103)(H,108,109)(H,110,111)(H,112,113)(H,114,115)(H,116,117)(H,118,119)(H,120,121)(H,122,123)(H,124,125)(H,126,127)(H,128,129);;;;/q;4*+3/p-11. The molecule has 133 heavy (non-hydrogen) atoms. The van der Waals surface area contributed by atoms with E-state index in [1.54, 1.807) is 4.90 Å². The Morgan fingerprint density at radius 3 is 0.406 bits per heavy atom. The second-order valence-electron chi connectivity index (χ2n) is 31.6. The summed E-state index contributed by atoms with van der Waals surface area (Å²) in [5, 5.41) is 154. The summed E-state index contributed by atoms with van der Waals surface area (Å²) < 4.78 is 0. The summed E-state index contributed by atoms with van der Waals surface area (Å²) in [6.07, 6.45) is 0. The van der Waals surface area contributed by atoms with Crippen molar-refractivity contribution in [2.45, 2.75) is 0 Å². The van der Waals surface area contributed by atoms with Crippen molar-refractivity contribution in [1.29, 1.82) is 0 Å².